The minimum Gasteiger partial charge on any atom is -0.465 e. The summed E-state index contributed by atoms with van der Waals surface area (Å²) in [5, 5.41) is 2.98. The fraction of sp³-hybridized carbons (Fsp3) is 0.417. The Balaban J connectivity index is 0.00000180. The van der Waals surface area contributed by atoms with Crippen molar-refractivity contribution in [1.82, 2.24) is 5.32 Å². The van der Waals surface area contributed by atoms with Gasteiger partial charge in [0.2, 0.25) is 0 Å². The normalized spacial score (nSPS) is 14.3. The number of benzene rings is 1. The van der Waals surface area contributed by atoms with Crippen LogP contribution in [0.1, 0.15) is 27.0 Å². The van der Waals surface area contributed by atoms with Crippen LogP contribution in [-0.4, -0.2) is 19.6 Å². The Hall–Kier alpha value is -1.27. The number of nitrogens with one attached hydrogen (secondary N) is 1. The van der Waals surface area contributed by atoms with Gasteiger partial charge in [0.15, 0.2) is 0 Å². The van der Waals surface area contributed by atoms with Crippen molar-refractivity contribution < 1.29 is 22.7 Å². The lowest BCUT2D eigenvalue weighted by molar-refractivity contribution is -0.137. The Morgan fingerprint density at radius 3 is 2.63 bits per heavy atom. The molecule has 0 saturated heterocycles. The number of esters is 1. The van der Waals surface area contributed by atoms with Gasteiger partial charge in [0.1, 0.15) is 0 Å². The van der Waals surface area contributed by atoms with E-state index in [0.717, 1.165) is 19.2 Å². The van der Waals surface area contributed by atoms with Crippen LogP contribution in [0.4, 0.5) is 13.2 Å². The molecule has 2 rings (SSSR count). The van der Waals surface area contributed by atoms with Crippen LogP contribution in [0.3, 0.4) is 0 Å². The van der Waals surface area contributed by atoms with Crippen LogP contribution < -0.4 is 5.32 Å². The summed E-state index contributed by atoms with van der Waals surface area (Å²) in [4.78, 5) is 11.6. The first-order valence-electron chi connectivity index (χ1n) is 5.45. The van der Waals surface area contributed by atoms with Crippen LogP contribution in [0.2, 0.25) is 0 Å². The van der Waals surface area contributed by atoms with E-state index in [-0.39, 0.29) is 18.0 Å². The number of carbonyl (C=O) groups excluding carboxylic acids is 1. The quantitative estimate of drug-likeness (QED) is 0.809. The van der Waals surface area contributed by atoms with Crippen molar-refractivity contribution in [2.45, 2.75) is 19.1 Å². The number of rotatable bonds is 1. The van der Waals surface area contributed by atoms with Crippen molar-refractivity contribution in [1.29, 1.82) is 0 Å². The third-order valence-electron chi connectivity index (χ3n) is 2.94. The molecule has 0 amide bonds. The minimum absolute atomic E-state index is 0. The summed E-state index contributed by atoms with van der Waals surface area (Å²) in [6, 6.07) is 1.96. The fourth-order valence-corrected chi connectivity index (χ4v) is 2.08. The zero-order valence-electron chi connectivity index (χ0n) is 10.1. The highest BCUT2D eigenvalue weighted by atomic mass is 35.5. The first kappa shape index (κ1) is 15.8. The average molecular weight is 296 g/mol. The molecule has 7 heteroatoms. The largest absolute Gasteiger partial charge is 0.465 e. The number of fused-ring (bicyclic) bond motifs is 1. The number of hydrogen-bond acceptors (Lipinski definition) is 3. The Bertz CT molecular complexity index is 489. The van der Waals surface area contributed by atoms with E-state index in [1.54, 1.807) is 0 Å². The average Bonchev–Trinajstić information content (AvgIpc) is 2.35. The van der Waals surface area contributed by atoms with Gasteiger partial charge in [-0.25, -0.2) is 4.79 Å². The predicted octanol–water partition coefficient (Wildman–Crippen LogP) is 2.56. The van der Waals surface area contributed by atoms with E-state index >= 15 is 0 Å². The molecule has 1 aliphatic heterocycles. The van der Waals surface area contributed by atoms with Crippen molar-refractivity contribution in [2.24, 2.45) is 0 Å². The first-order chi connectivity index (χ1) is 8.43. The topological polar surface area (TPSA) is 38.3 Å². The SMILES string of the molecule is COC(=O)c1cc(C(F)(F)F)cc2c1CCNC2.Cl. The molecule has 0 saturated carbocycles. The smallest absolute Gasteiger partial charge is 0.416 e. The second kappa shape index (κ2) is 5.79. The van der Waals surface area contributed by atoms with E-state index in [1.807, 2.05) is 0 Å². The van der Waals surface area contributed by atoms with Gasteiger partial charge >= 0.3 is 12.1 Å². The van der Waals surface area contributed by atoms with Crippen LogP contribution in [0, 0.1) is 0 Å². The third kappa shape index (κ3) is 3.19. The van der Waals surface area contributed by atoms with Gasteiger partial charge < -0.3 is 10.1 Å². The highest BCUT2D eigenvalue weighted by Gasteiger charge is 2.33. The molecule has 1 aromatic rings. The number of halogens is 4. The number of ether oxygens (including phenoxy) is 1. The molecule has 0 aromatic heterocycles. The number of hydrogen-bond donors (Lipinski definition) is 1. The summed E-state index contributed by atoms with van der Waals surface area (Å²) in [7, 11) is 1.16. The second-order valence-corrected chi connectivity index (χ2v) is 4.08. The van der Waals surface area contributed by atoms with Crippen LogP contribution >= 0.6 is 12.4 Å². The van der Waals surface area contributed by atoms with E-state index in [9.17, 15) is 18.0 Å². The van der Waals surface area contributed by atoms with Crippen molar-refractivity contribution in [3.8, 4) is 0 Å². The summed E-state index contributed by atoms with van der Waals surface area (Å²) in [6.07, 6.45) is -3.94. The van der Waals surface area contributed by atoms with E-state index in [0.29, 0.717) is 30.6 Å². The van der Waals surface area contributed by atoms with E-state index in [1.165, 1.54) is 0 Å². The molecule has 1 aromatic carbocycles. The van der Waals surface area contributed by atoms with Crippen molar-refractivity contribution >= 4 is 18.4 Å². The Morgan fingerprint density at radius 2 is 2.05 bits per heavy atom. The molecule has 0 radical (unpaired) electrons. The molecule has 0 bridgehead atoms. The summed E-state index contributed by atoms with van der Waals surface area (Å²) in [5.41, 5.74) is 0.360. The van der Waals surface area contributed by atoms with Gasteiger partial charge in [-0.2, -0.15) is 13.2 Å². The molecule has 3 nitrogen and oxygen atoms in total. The lowest BCUT2D eigenvalue weighted by Gasteiger charge is -2.21. The second-order valence-electron chi connectivity index (χ2n) is 4.08. The van der Waals surface area contributed by atoms with Crippen LogP contribution in [-0.2, 0) is 23.9 Å². The maximum atomic E-state index is 12.7. The number of methoxy groups -OCH3 is 1. The maximum absolute atomic E-state index is 12.7. The predicted molar refractivity (Wildman–Crippen MR) is 65.4 cm³/mol. The van der Waals surface area contributed by atoms with Crippen molar-refractivity contribution in [3.63, 3.8) is 0 Å². The molecule has 0 spiro atoms. The van der Waals surface area contributed by atoms with Crippen molar-refractivity contribution in [2.75, 3.05) is 13.7 Å². The minimum atomic E-state index is -4.46. The third-order valence-corrected chi connectivity index (χ3v) is 2.94. The molecular formula is C12H13ClF3NO2. The summed E-state index contributed by atoms with van der Waals surface area (Å²) in [6.45, 7) is 0.978. The summed E-state index contributed by atoms with van der Waals surface area (Å²) >= 11 is 0. The lowest BCUT2D eigenvalue weighted by atomic mass is 9.92. The molecule has 106 valence electrons. The van der Waals surface area contributed by atoms with Gasteiger partial charge in [0.25, 0.3) is 0 Å². The summed E-state index contributed by atoms with van der Waals surface area (Å²) < 4.78 is 42.7. The standard InChI is InChI=1S/C12H12F3NO2.ClH/c1-18-11(17)10-5-8(12(13,14)15)4-7-6-16-3-2-9(7)10;/h4-5,16H,2-3,6H2,1H3;1H. The van der Waals surface area contributed by atoms with Crippen LogP contribution in [0.25, 0.3) is 0 Å². The van der Waals surface area contributed by atoms with Crippen molar-refractivity contribution in [3.05, 3.63) is 34.4 Å². The van der Waals surface area contributed by atoms with Crippen LogP contribution in [0.15, 0.2) is 12.1 Å². The van der Waals surface area contributed by atoms with Crippen LogP contribution in [0.5, 0.6) is 0 Å². The Morgan fingerprint density at radius 1 is 1.37 bits per heavy atom. The molecule has 0 fully saturated rings. The first-order valence-corrected chi connectivity index (χ1v) is 5.45. The maximum Gasteiger partial charge on any atom is 0.416 e. The molecule has 0 aliphatic carbocycles. The van der Waals surface area contributed by atoms with Gasteiger partial charge in [0.05, 0.1) is 18.2 Å². The highest BCUT2D eigenvalue weighted by molar-refractivity contribution is 5.91. The lowest BCUT2D eigenvalue weighted by Crippen LogP contribution is -2.26. The molecule has 1 aliphatic rings. The van der Waals surface area contributed by atoms with Gasteiger partial charge in [-0.05, 0) is 36.2 Å². The molecule has 19 heavy (non-hydrogen) atoms. The van der Waals surface area contributed by atoms with Gasteiger partial charge in [-0.3, -0.25) is 0 Å². The molecular weight excluding hydrogens is 283 g/mol. The zero-order chi connectivity index (χ0) is 13.3. The molecule has 1 N–H and O–H groups in total. The molecule has 1 heterocycles. The zero-order valence-corrected chi connectivity index (χ0v) is 11.0. The Kier molecular flexibility index (Phi) is 4.81. The monoisotopic (exact) mass is 295 g/mol. The fourth-order valence-electron chi connectivity index (χ4n) is 2.08. The van der Waals surface area contributed by atoms with E-state index < -0.39 is 17.7 Å². The van der Waals surface area contributed by atoms with Gasteiger partial charge in [-0.1, -0.05) is 0 Å². The highest BCUT2D eigenvalue weighted by Crippen LogP contribution is 2.33. The summed E-state index contributed by atoms with van der Waals surface area (Å²) in [5.74, 6) is -0.723. The molecule has 0 atom stereocenters. The number of alkyl halides is 3. The Labute approximate surface area is 114 Å². The van der Waals surface area contributed by atoms with Gasteiger partial charge in [-0.15, -0.1) is 12.4 Å². The number of carbonyl (C=O) groups is 1. The molecule has 0 unspecified atom stereocenters. The van der Waals surface area contributed by atoms with Gasteiger partial charge in [0, 0.05) is 6.54 Å². The van der Waals surface area contributed by atoms with E-state index in [4.69, 9.17) is 0 Å². The van der Waals surface area contributed by atoms with E-state index in [2.05, 4.69) is 10.1 Å².